The monoisotopic (exact) mass is 280 g/mol. The van der Waals surface area contributed by atoms with Crippen LogP contribution in [-0.4, -0.2) is 52.6 Å². The standard InChI is InChI=1S/C15H24N2O3/c18-14(19)7-8-17(13-5-6-13)15(20)16-9-11-3-1-2-4-12(11)10-16/h11-13H,1-10H2,(H,18,19)/t11-,12+. The minimum absolute atomic E-state index is 0.0585. The smallest absolute Gasteiger partial charge is 0.320 e. The minimum Gasteiger partial charge on any atom is -0.481 e. The van der Waals surface area contributed by atoms with Gasteiger partial charge in [0.1, 0.15) is 0 Å². The van der Waals surface area contributed by atoms with Crippen molar-refractivity contribution in [3.63, 3.8) is 0 Å². The molecule has 0 unspecified atom stereocenters. The zero-order valence-electron chi connectivity index (χ0n) is 12.0. The number of aliphatic carboxylic acids is 1. The number of nitrogens with zero attached hydrogens (tertiary/aromatic N) is 2. The number of likely N-dealkylation sites (tertiary alicyclic amines) is 1. The molecule has 0 bridgehead atoms. The lowest BCUT2D eigenvalue weighted by atomic mass is 9.82. The van der Waals surface area contributed by atoms with Crippen LogP contribution in [0, 0.1) is 11.8 Å². The van der Waals surface area contributed by atoms with E-state index in [0.29, 0.717) is 24.4 Å². The van der Waals surface area contributed by atoms with Crippen molar-refractivity contribution >= 4 is 12.0 Å². The van der Waals surface area contributed by atoms with Crippen molar-refractivity contribution in [1.29, 1.82) is 0 Å². The first-order valence-electron chi connectivity index (χ1n) is 7.92. The summed E-state index contributed by atoms with van der Waals surface area (Å²) in [6.07, 6.45) is 7.24. The van der Waals surface area contributed by atoms with E-state index in [1.165, 1.54) is 25.7 Å². The molecule has 1 aliphatic heterocycles. The van der Waals surface area contributed by atoms with Crippen molar-refractivity contribution in [2.45, 2.75) is 51.0 Å². The summed E-state index contributed by atoms with van der Waals surface area (Å²) in [6, 6.07) is 0.382. The van der Waals surface area contributed by atoms with Crippen LogP contribution in [0.1, 0.15) is 44.9 Å². The van der Waals surface area contributed by atoms with Crippen LogP contribution in [0.3, 0.4) is 0 Å². The first kappa shape index (κ1) is 13.7. The van der Waals surface area contributed by atoms with Gasteiger partial charge in [-0.3, -0.25) is 4.79 Å². The molecule has 3 rings (SSSR count). The van der Waals surface area contributed by atoms with Crippen LogP contribution >= 0.6 is 0 Å². The Labute approximate surface area is 119 Å². The summed E-state index contributed by atoms with van der Waals surface area (Å²) in [5.41, 5.74) is 0. The molecule has 3 aliphatic rings. The van der Waals surface area contributed by atoms with E-state index in [1.54, 1.807) is 0 Å². The Bertz CT molecular complexity index is 381. The summed E-state index contributed by atoms with van der Waals surface area (Å²) in [7, 11) is 0. The van der Waals surface area contributed by atoms with Crippen LogP contribution in [0.15, 0.2) is 0 Å². The van der Waals surface area contributed by atoms with Gasteiger partial charge in [0.05, 0.1) is 6.42 Å². The Hall–Kier alpha value is -1.26. The van der Waals surface area contributed by atoms with Crippen LogP contribution in [-0.2, 0) is 4.79 Å². The van der Waals surface area contributed by atoms with Gasteiger partial charge in [-0.05, 0) is 37.5 Å². The summed E-state index contributed by atoms with van der Waals surface area (Å²) >= 11 is 0. The average molecular weight is 280 g/mol. The average Bonchev–Trinajstić information content (AvgIpc) is 3.16. The summed E-state index contributed by atoms with van der Waals surface area (Å²) in [6.45, 7) is 2.14. The third kappa shape index (κ3) is 2.91. The number of fused-ring (bicyclic) bond motifs is 1. The Morgan fingerprint density at radius 1 is 1.05 bits per heavy atom. The van der Waals surface area contributed by atoms with Crippen molar-refractivity contribution < 1.29 is 14.7 Å². The fourth-order valence-corrected chi connectivity index (χ4v) is 3.78. The second-order valence-corrected chi connectivity index (χ2v) is 6.56. The second-order valence-electron chi connectivity index (χ2n) is 6.56. The number of urea groups is 1. The Morgan fingerprint density at radius 3 is 2.15 bits per heavy atom. The third-order valence-corrected chi connectivity index (χ3v) is 5.05. The molecule has 2 aliphatic carbocycles. The first-order chi connectivity index (χ1) is 9.65. The molecule has 112 valence electrons. The van der Waals surface area contributed by atoms with Crippen molar-refractivity contribution in [1.82, 2.24) is 9.80 Å². The molecular formula is C15H24N2O3. The van der Waals surface area contributed by atoms with Gasteiger partial charge in [0.15, 0.2) is 0 Å². The van der Waals surface area contributed by atoms with E-state index in [-0.39, 0.29) is 12.5 Å². The van der Waals surface area contributed by atoms with Crippen LogP contribution in [0.5, 0.6) is 0 Å². The SMILES string of the molecule is O=C(O)CCN(C(=O)N1C[C@H]2CCCC[C@H]2C1)C1CC1. The van der Waals surface area contributed by atoms with Crippen molar-refractivity contribution in [2.24, 2.45) is 11.8 Å². The van der Waals surface area contributed by atoms with Crippen LogP contribution in [0.4, 0.5) is 4.79 Å². The Balaban J connectivity index is 1.59. The van der Waals surface area contributed by atoms with Crippen LogP contribution < -0.4 is 0 Å². The molecule has 2 atom stereocenters. The molecule has 2 saturated carbocycles. The van der Waals surface area contributed by atoms with Gasteiger partial charge in [-0.25, -0.2) is 4.79 Å². The molecule has 5 heteroatoms. The second kappa shape index (κ2) is 5.62. The highest BCUT2D eigenvalue weighted by molar-refractivity contribution is 5.76. The highest BCUT2D eigenvalue weighted by Gasteiger charge is 2.41. The summed E-state index contributed by atoms with van der Waals surface area (Å²) < 4.78 is 0. The highest BCUT2D eigenvalue weighted by atomic mass is 16.4. The Kier molecular flexibility index (Phi) is 3.85. The lowest BCUT2D eigenvalue weighted by molar-refractivity contribution is -0.137. The molecule has 0 aromatic carbocycles. The normalized spacial score (nSPS) is 29.1. The summed E-state index contributed by atoms with van der Waals surface area (Å²) in [5, 5.41) is 8.83. The summed E-state index contributed by atoms with van der Waals surface area (Å²) in [5.74, 6) is 0.556. The molecule has 0 radical (unpaired) electrons. The number of carboxylic acids is 1. The molecule has 3 fully saturated rings. The van der Waals surface area contributed by atoms with E-state index in [1.807, 2.05) is 9.80 Å². The van der Waals surface area contributed by atoms with E-state index < -0.39 is 5.97 Å². The van der Waals surface area contributed by atoms with Gasteiger partial charge in [-0.1, -0.05) is 12.8 Å². The molecule has 0 spiro atoms. The van der Waals surface area contributed by atoms with Gasteiger partial charge in [-0.15, -0.1) is 0 Å². The third-order valence-electron chi connectivity index (χ3n) is 5.05. The maximum atomic E-state index is 12.6. The zero-order chi connectivity index (χ0) is 14.1. The van der Waals surface area contributed by atoms with Crippen molar-refractivity contribution in [2.75, 3.05) is 19.6 Å². The predicted octanol–water partition coefficient (Wildman–Crippen LogP) is 2.17. The van der Waals surface area contributed by atoms with Gasteiger partial charge in [0, 0.05) is 25.7 Å². The molecule has 2 amide bonds. The largest absolute Gasteiger partial charge is 0.481 e. The van der Waals surface area contributed by atoms with Gasteiger partial charge in [0.25, 0.3) is 0 Å². The number of carbonyl (C=O) groups is 2. The quantitative estimate of drug-likeness (QED) is 0.858. The van der Waals surface area contributed by atoms with Crippen molar-refractivity contribution in [3.8, 4) is 0 Å². The number of carbonyl (C=O) groups excluding carboxylic acids is 1. The van der Waals surface area contributed by atoms with E-state index in [0.717, 1.165) is 25.9 Å². The lowest BCUT2D eigenvalue weighted by Crippen LogP contribution is -2.44. The van der Waals surface area contributed by atoms with Gasteiger partial charge in [-0.2, -0.15) is 0 Å². The molecule has 0 aromatic rings. The Morgan fingerprint density at radius 2 is 1.65 bits per heavy atom. The van der Waals surface area contributed by atoms with E-state index in [4.69, 9.17) is 5.11 Å². The molecule has 0 aromatic heterocycles. The van der Waals surface area contributed by atoms with Crippen LogP contribution in [0.25, 0.3) is 0 Å². The summed E-state index contributed by atoms with van der Waals surface area (Å²) in [4.78, 5) is 27.2. The van der Waals surface area contributed by atoms with Gasteiger partial charge in [0.2, 0.25) is 0 Å². The number of hydrogen-bond acceptors (Lipinski definition) is 2. The number of rotatable bonds is 4. The first-order valence-corrected chi connectivity index (χ1v) is 7.92. The molecule has 20 heavy (non-hydrogen) atoms. The number of carboxylic acid groups (broad SMARTS) is 1. The van der Waals surface area contributed by atoms with Gasteiger partial charge < -0.3 is 14.9 Å². The predicted molar refractivity (Wildman–Crippen MR) is 74.4 cm³/mol. The van der Waals surface area contributed by atoms with Crippen molar-refractivity contribution in [3.05, 3.63) is 0 Å². The van der Waals surface area contributed by atoms with E-state index in [2.05, 4.69) is 0 Å². The van der Waals surface area contributed by atoms with Crippen LogP contribution in [0.2, 0.25) is 0 Å². The molecule has 1 saturated heterocycles. The van der Waals surface area contributed by atoms with Gasteiger partial charge >= 0.3 is 12.0 Å². The number of amides is 2. The fraction of sp³-hybridized carbons (Fsp3) is 0.867. The maximum Gasteiger partial charge on any atom is 0.320 e. The molecule has 1 heterocycles. The number of hydrogen-bond donors (Lipinski definition) is 1. The fourth-order valence-electron chi connectivity index (χ4n) is 3.78. The maximum absolute atomic E-state index is 12.6. The molecule has 1 N–H and O–H groups in total. The zero-order valence-corrected chi connectivity index (χ0v) is 12.0. The highest BCUT2D eigenvalue weighted by Crippen LogP contribution is 2.37. The topological polar surface area (TPSA) is 60.9 Å². The lowest BCUT2D eigenvalue weighted by Gasteiger charge is -2.28. The molecule has 5 nitrogen and oxygen atoms in total. The van der Waals surface area contributed by atoms with E-state index >= 15 is 0 Å². The molecular weight excluding hydrogens is 256 g/mol. The van der Waals surface area contributed by atoms with E-state index in [9.17, 15) is 9.59 Å². The minimum atomic E-state index is -0.821.